The Labute approximate surface area is 92.3 Å². The molecular weight excluding hydrogens is 206 g/mol. The number of carbonyl (C=O) groups is 2. The standard InChI is InChI=1S/C12H11NO3/c1-2-16-12(15)9-7-8-5-3-4-6-10(8)13-11(9)14/h3-7,9H,2H2,1H3/t9-/m1/s1. The van der Waals surface area contributed by atoms with Crippen LogP contribution in [0.25, 0.3) is 6.08 Å². The molecule has 1 aliphatic rings. The normalized spacial score (nSPS) is 18.1. The Morgan fingerprint density at radius 3 is 2.94 bits per heavy atom. The maximum atomic E-state index is 11.6. The van der Waals surface area contributed by atoms with E-state index < -0.39 is 17.8 Å². The molecule has 0 saturated heterocycles. The minimum atomic E-state index is -0.894. The molecule has 0 aliphatic carbocycles. The van der Waals surface area contributed by atoms with Crippen molar-refractivity contribution in [3.8, 4) is 0 Å². The van der Waals surface area contributed by atoms with Crippen molar-refractivity contribution in [3.63, 3.8) is 0 Å². The number of fused-ring (bicyclic) bond motifs is 1. The van der Waals surface area contributed by atoms with Crippen molar-refractivity contribution < 1.29 is 14.3 Å². The fraction of sp³-hybridized carbons (Fsp3) is 0.250. The predicted octanol–water partition coefficient (Wildman–Crippen LogP) is -0.194. The summed E-state index contributed by atoms with van der Waals surface area (Å²) in [6.07, 6.45) is 1.60. The van der Waals surface area contributed by atoms with Crippen molar-refractivity contribution in [1.29, 1.82) is 0 Å². The summed E-state index contributed by atoms with van der Waals surface area (Å²) in [4.78, 5) is 26.9. The number of para-hydroxylation sites is 1. The number of benzene rings is 1. The molecule has 2 rings (SSSR count). The summed E-state index contributed by atoms with van der Waals surface area (Å²) >= 11 is 0. The fourth-order valence-corrected chi connectivity index (χ4v) is 1.57. The van der Waals surface area contributed by atoms with E-state index in [0.717, 1.165) is 5.22 Å². The third-order valence-corrected chi connectivity index (χ3v) is 2.32. The Morgan fingerprint density at radius 1 is 1.44 bits per heavy atom. The number of rotatable bonds is 2. The number of nitrogens with zero attached hydrogens (tertiary/aromatic N) is 1. The summed E-state index contributed by atoms with van der Waals surface area (Å²) in [5.74, 6) is -1.89. The fourth-order valence-electron chi connectivity index (χ4n) is 1.57. The third kappa shape index (κ3) is 1.86. The van der Waals surface area contributed by atoms with E-state index in [1.165, 1.54) is 0 Å². The van der Waals surface area contributed by atoms with E-state index in [-0.39, 0.29) is 6.61 Å². The molecule has 4 heteroatoms. The quantitative estimate of drug-likeness (QED) is 0.509. The zero-order chi connectivity index (χ0) is 11.5. The van der Waals surface area contributed by atoms with Crippen molar-refractivity contribution in [1.82, 2.24) is 0 Å². The molecule has 1 heterocycles. The maximum absolute atomic E-state index is 11.6. The summed E-state index contributed by atoms with van der Waals surface area (Å²) in [5.41, 5.74) is 0. The van der Waals surface area contributed by atoms with Crippen LogP contribution >= 0.6 is 0 Å². The van der Waals surface area contributed by atoms with E-state index >= 15 is 0 Å². The first-order valence-corrected chi connectivity index (χ1v) is 5.08. The van der Waals surface area contributed by atoms with Gasteiger partial charge in [0.15, 0.2) is 5.92 Å². The lowest BCUT2D eigenvalue weighted by molar-refractivity contribution is -0.148. The number of hydrogen-bond acceptors (Lipinski definition) is 3. The highest BCUT2D eigenvalue weighted by molar-refractivity contribution is 6.04. The van der Waals surface area contributed by atoms with Gasteiger partial charge < -0.3 is 4.74 Å². The summed E-state index contributed by atoms with van der Waals surface area (Å²) in [6.45, 7) is 1.97. The summed E-state index contributed by atoms with van der Waals surface area (Å²) in [7, 11) is 0. The van der Waals surface area contributed by atoms with Crippen LogP contribution in [0.1, 0.15) is 6.92 Å². The molecule has 0 fully saturated rings. The van der Waals surface area contributed by atoms with Crippen LogP contribution in [0.4, 0.5) is 0 Å². The number of ether oxygens (including phenoxy) is 1. The van der Waals surface area contributed by atoms with Crippen LogP contribution in [0.3, 0.4) is 0 Å². The van der Waals surface area contributed by atoms with E-state index in [4.69, 9.17) is 4.74 Å². The summed E-state index contributed by atoms with van der Waals surface area (Å²) in [6, 6.07) is 7.19. The average molecular weight is 217 g/mol. The molecule has 0 spiro atoms. The van der Waals surface area contributed by atoms with Crippen molar-refractivity contribution in [2.75, 3.05) is 6.61 Å². The van der Waals surface area contributed by atoms with E-state index in [2.05, 4.69) is 4.99 Å². The third-order valence-electron chi connectivity index (χ3n) is 2.32. The SMILES string of the molecule is CCOC(=O)[C@@H]1C=c2ccccc2=NC1=O. The summed E-state index contributed by atoms with van der Waals surface area (Å²) in [5, 5.41) is 1.40. The molecule has 1 aromatic carbocycles. The minimum absolute atomic E-state index is 0.262. The predicted molar refractivity (Wildman–Crippen MR) is 56.8 cm³/mol. The van der Waals surface area contributed by atoms with Crippen molar-refractivity contribution in [3.05, 3.63) is 34.8 Å². The lowest BCUT2D eigenvalue weighted by atomic mass is 10.0. The Balaban J connectivity index is 2.44. The number of esters is 1. The van der Waals surface area contributed by atoms with Crippen LogP contribution in [0, 0.1) is 5.92 Å². The van der Waals surface area contributed by atoms with Gasteiger partial charge in [-0.15, -0.1) is 0 Å². The zero-order valence-corrected chi connectivity index (χ0v) is 8.84. The van der Waals surface area contributed by atoms with E-state index in [1.807, 2.05) is 12.1 Å². The van der Waals surface area contributed by atoms with Gasteiger partial charge in [0, 0.05) is 0 Å². The number of carbonyl (C=O) groups excluding carboxylic acids is 2. The molecule has 0 bridgehead atoms. The Bertz CT molecular complexity index is 548. The molecule has 0 aromatic heterocycles. The van der Waals surface area contributed by atoms with Gasteiger partial charge in [0.2, 0.25) is 0 Å². The molecule has 1 aromatic rings. The largest absolute Gasteiger partial charge is 0.465 e. The van der Waals surface area contributed by atoms with Crippen molar-refractivity contribution >= 4 is 18.0 Å². The van der Waals surface area contributed by atoms with Crippen LogP contribution in [0.5, 0.6) is 0 Å². The minimum Gasteiger partial charge on any atom is -0.465 e. The molecule has 1 aliphatic heterocycles. The van der Waals surface area contributed by atoms with Gasteiger partial charge in [0.1, 0.15) is 0 Å². The second-order valence-electron chi connectivity index (χ2n) is 3.41. The van der Waals surface area contributed by atoms with E-state index in [9.17, 15) is 9.59 Å². The molecule has 1 atom stereocenters. The van der Waals surface area contributed by atoms with Crippen LogP contribution < -0.4 is 10.6 Å². The van der Waals surface area contributed by atoms with Crippen molar-refractivity contribution in [2.24, 2.45) is 10.9 Å². The van der Waals surface area contributed by atoms with Gasteiger partial charge in [-0.05, 0) is 18.2 Å². The lowest BCUT2D eigenvalue weighted by Gasteiger charge is -2.10. The second kappa shape index (κ2) is 4.26. The molecule has 16 heavy (non-hydrogen) atoms. The number of amides is 1. The monoisotopic (exact) mass is 217 g/mol. The number of hydrogen-bond donors (Lipinski definition) is 0. The molecule has 1 amide bonds. The summed E-state index contributed by atoms with van der Waals surface area (Å²) < 4.78 is 4.82. The molecule has 0 unspecified atom stereocenters. The highest BCUT2D eigenvalue weighted by Gasteiger charge is 2.26. The molecule has 0 saturated carbocycles. The van der Waals surface area contributed by atoms with Crippen LogP contribution in [-0.4, -0.2) is 18.5 Å². The van der Waals surface area contributed by atoms with Crippen LogP contribution in [0.15, 0.2) is 29.3 Å². The highest BCUT2D eigenvalue weighted by atomic mass is 16.5. The van der Waals surface area contributed by atoms with Gasteiger partial charge in [-0.3, -0.25) is 9.59 Å². The molecular formula is C12H11NO3. The van der Waals surface area contributed by atoms with Crippen molar-refractivity contribution in [2.45, 2.75) is 6.92 Å². The van der Waals surface area contributed by atoms with Gasteiger partial charge in [0.25, 0.3) is 5.91 Å². The second-order valence-corrected chi connectivity index (χ2v) is 3.41. The molecule has 0 N–H and O–H groups in total. The highest BCUT2D eigenvalue weighted by Crippen LogP contribution is 2.06. The Morgan fingerprint density at radius 2 is 2.19 bits per heavy atom. The molecule has 4 nitrogen and oxygen atoms in total. The average Bonchev–Trinajstić information content (AvgIpc) is 2.28. The first-order chi connectivity index (χ1) is 7.72. The van der Waals surface area contributed by atoms with E-state index in [0.29, 0.717) is 5.36 Å². The van der Waals surface area contributed by atoms with Crippen LogP contribution in [0.2, 0.25) is 0 Å². The van der Waals surface area contributed by atoms with E-state index in [1.54, 1.807) is 25.1 Å². The van der Waals surface area contributed by atoms with Gasteiger partial charge in [-0.2, -0.15) is 0 Å². The topological polar surface area (TPSA) is 55.7 Å². The van der Waals surface area contributed by atoms with Crippen LogP contribution in [-0.2, 0) is 14.3 Å². The maximum Gasteiger partial charge on any atom is 0.322 e. The lowest BCUT2D eigenvalue weighted by Crippen LogP contribution is -2.36. The van der Waals surface area contributed by atoms with Gasteiger partial charge >= 0.3 is 5.97 Å². The van der Waals surface area contributed by atoms with Gasteiger partial charge in [-0.1, -0.05) is 24.3 Å². The van der Waals surface area contributed by atoms with Gasteiger partial charge in [0.05, 0.1) is 12.0 Å². The molecule has 82 valence electrons. The molecule has 0 radical (unpaired) electrons. The zero-order valence-electron chi connectivity index (χ0n) is 8.84. The first kappa shape index (κ1) is 10.5. The van der Waals surface area contributed by atoms with Gasteiger partial charge in [-0.25, -0.2) is 4.99 Å². The smallest absolute Gasteiger partial charge is 0.322 e. The Kier molecular flexibility index (Phi) is 2.81. The Hall–Kier alpha value is -1.97. The first-order valence-electron chi connectivity index (χ1n) is 5.08.